The van der Waals surface area contributed by atoms with Crippen LogP contribution in [0, 0.1) is 16.7 Å². The second kappa shape index (κ2) is 13.7. The first kappa shape index (κ1) is 32.2. The zero-order valence-corrected chi connectivity index (χ0v) is 25.2. The van der Waals surface area contributed by atoms with Crippen molar-refractivity contribution in [3.8, 4) is 6.07 Å². The van der Waals surface area contributed by atoms with Crippen molar-refractivity contribution in [2.24, 2.45) is 11.1 Å². The van der Waals surface area contributed by atoms with E-state index in [0.717, 1.165) is 43.7 Å². The fraction of sp³-hybridized carbons (Fsp3) is 0.438. The van der Waals surface area contributed by atoms with Gasteiger partial charge in [-0.25, -0.2) is 4.98 Å². The number of ketones is 1. The van der Waals surface area contributed by atoms with Crippen molar-refractivity contribution in [3.63, 3.8) is 0 Å². The number of benzene rings is 2. The standard InChI is InChI=1S/C32H37F3N6OS/c1-31(2,28(42)16-26-18-38-21-40(26)19-23-14-12-22(17-36)13-15-23)29(37)41(30(43)39-25-9-4-3-5-10-25)20-24-8-6-7-11-27(24)32(33,34)35/h6-8,11-15,18,21,25,29H,3-5,9-10,16,19-20,37H2,1-2H3,(H,39,43). The van der Waals surface area contributed by atoms with Gasteiger partial charge in [0.15, 0.2) is 5.11 Å². The summed E-state index contributed by atoms with van der Waals surface area (Å²) in [6.07, 6.45) is 2.76. The summed E-state index contributed by atoms with van der Waals surface area (Å²) in [5, 5.41) is 12.6. The number of hydrogen-bond acceptors (Lipinski definition) is 5. The number of imidazole rings is 1. The predicted octanol–water partition coefficient (Wildman–Crippen LogP) is 5.95. The number of alkyl halides is 3. The lowest BCUT2D eigenvalue weighted by Gasteiger charge is -2.41. The second-order valence-corrected chi connectivity index (χ2v) is 12.0. The molecule has 1 heterocycles. The molecule has 3 aromatic rings. The largest absolute Gasteiger partial charge is 0.416 e. The monoisotopic (exact) mass is 610 g/mol. The summed E-state index contributed by atoms with van der Waals surface area (Å²) in [6.45, 7) is 3.65. The number of thiocarbonyl (C=S) groups is 1. The Hall–Kier alpha value is -3.75. The topological polar surface area (TPSA) is 100.0 Å². The molecule has 1 saturated carbocycles. The minimum absolute atomic E-state index is 0.0206. The van der Waals surface area contributed by atoms with Crippen LogP contribution in [0.25, 0.3) is 0 Å². The molecule has 4 rings (SSSR count). The van der Waals surface area contributed by atoms with E-state index in [0.29, 0.717) is 17.8 Å². The molecule has 0 saturated heterocycles. The lowest BCUT2D eigenvalue weighted by Crippen LogP contribution is -2.59. The Morgan fingerprint density at radius 1 is 1.16 bits per heavy atom. The van der Waals surface area contributed by atoms with Crippen molar-refractivity contribution < 1.29 is 18.0 Å². The van der Waals surface area contributed by atoms with Gasteiger partial charge in [0.05, 0.1) is 35.1 Å². The summed E-state index contributed by atoms with van der Waals surface area (Å²) in [5.74, 6) is -0.198. The highest BCUT2D eigenvalue weighted by Gasteiger charge is 2.41. The van der Waals surface area contributed by atoms with Crippen LogP contribution >= 0.6 is 12.2 Å². The molecule has 1 atom stereocenters. The average molecular weight is 611 g/mol. The summed E-state index contributed by atoms with van der Waals surface area (Å²) >= 11 is 5.76. The first-order valence-electron chi connectivity index (χ1n) is 14.4. The van der Waals surface area contributed by atoms with Crippen LogP contribution in [0.15, 0.2) is 61.1 Å². The third-order valence-corrected chi connectivity index (χ3v) is 8.58. The summed E-state index contributed by atoms with van der Waals surface area (Å²) in [4.78, 5) is 19.6. The number of nitrogens with two attached hydrogens (primary N) is 1. The van der Waals surface area contributed by atoms with Gasteiger partial charge in [0.25, 0.3) is 0 Å². The molecule has 0 radical (unpaired) electrons. The van der Waals surface area contributed by atoms with Gasteiger partial charge in [-0.05, 0) is 68.2 Å². The van der Waals surface area contributed by atoms with Gasteiger partial charge in [-0.15, -0.1) is 0 Å². The Morgan fingerprint density at radius 3 is 2.49 bits per heavy atom. The molecule has 1 fully saturated rings. The van der Waals surface area contributed by atoms with Gasteiger partial charge in [-0.1, -0.05) is 49.6 Å². The Kier molecular flexibility index (Phi) is 10.2. The van der Waals surface area contributed by atoms with E-state index in [9.17, 15) is 18.0 Å². The van der Waals surface area contributed by atoms with Gasteiger partial charge in [0.2, 0.25) is 0 Å². The van der Waals surface area contributed by atoms with Gasteiger partial charge in [0, 0.05) is 37.4 Å². The quantitative estimate of drug-likeness (QED) is 0.216. The highest BCUT2D eigenvalue weighted by Crippen LogP contribution is 2.34. The number of halogens is 3. The Labute approximate surface area is 255 Å². The number of carbonyl (C=O) groups excluding carboxylic acids is 1. The fourth-order valence-electron chi connectivity index (χ4n) is 5.39. The third-order valence-electron chi connectivity index (χ3n) is 8.23. The highest BCUT2D eigenvalue weighted by molar-refractivity contribution is 7.80. The molecule has 3 N–H and O–H groups in total. The molecule has 1 aliphatic carbocycles. The van der Waals surface area contributed by atoms with Gasteiger partial charge in [-0.2, -0.15) is 18.4 Å². The molecule has 228 valence electrons. The highest BCUT2D eigenvalue weighted by atomic mass is 32.1. The Bertz CT molecular complexity index is 1450. The van der Waals surface area contributed by atoms with Crippen LogP contribution in [0.3, 0.4) is 0 Å². The average Bonchev–Trinajstić information content (AvgIpc) is 3.42. The van der Waals surface area contributed by atoms with Gasteiger partial charge < -0.3 is 20.5 Å². The summed E-state index contributed by atoms with van der Waals surface area (Å²) < 4.78 is 43.6. The van der Waals surface area contributed by atoms with E-state index in [1.165, 1.54) is 17.0 Å². The fourth-order valence-corrected chi connectivity index (χ4v) is 5.73. The zero-order valence-electron chi connectivity index (χ0n) is 24.4. The smallest absolute Gasteiger partial charge is 0.360 e. The maximum Gasteiger partial charge on any atom is 0.416 e. The maximum atomic E-state index is 13.9. The van der Waals surface area contributed by atoms with E-state index in [2.05, 4.69) is 16.4 Å². The molecule has 7 nitrogen and oxygen atoms in total. The normalized spacial score (nSPS) is 15.0. The molecule has 1 unspecified atom stereocenters. The van der Waals surface area contributed by atoms with Crippen LogP contribution in [-0.4, -0.2) is 37.6 Å². The molecule has 43 heavy (non-hydrogen) atoms. The molecular weight excluding hydrogens is 573 g/mol. The van der Waals surface area contributed by atoms with E-state index >= 15 is 0 Å². The SMILES string of the molecule is CC(C)(C(=O)Cc1cncn1Cc1ccc(C#N)cc1)C(N)N(Cc1ccccc1C(F)(F)F)C(=S)NC1CCCCC1. The first-order valence-corrected chi connectivity index (χ1v) is 14.8. The van der Waals surface area contributed by atoms with Crippen LogP contribution in [0.1, 0.15) is 73.9 Å². The number of hydrogen-bond donors (Lipinski definition) is 2. The molecule has 1 aromatic heterocycles. The van der Waals surface area contributed by atoms with E-state index in [1.807, 2.05) is 16.7 Å². The van der Waals surface area contributed by atoms with Crippen LogP contribution in [0.2, 0.25) is 0 Å². The number of carbonyl (C=O) groups is 1. The van der Waals surface area contributed by atoms with Gasteiger partial charge in [0.1, 0.15) is 5.78 Å². The van der Waals surface area contributed by atoms with Gasteiger partial charge >= 0.3 is 6.18 Å². The van der Waals surface area contributed by atoms with E-state index in [1.54, 1.807) is 44.6 Å². The minimum Gasteiger partial charge on any atom is -0.360 e. The molecule has 11 heteroatoms. The van der Waals surface area contributed by atoms with Crippen molar-refractivity contribution >= 4 is 23.1 Å². The molecule has 0 spiro atoms. The van der Waals surface area contributed by atoms with Crippen LogP contribution in [-0.2, 0) is 30.5 Å². The Balaban J connectivity index is 1.56. The summed E-state index contributed by atoms with van der Waals surface area (Å²) in [5.41, 5.74) is 7.03. The lowest BCUT2D eigenvalue weighted by atomic mass is 9.81. The molecule has 1 aliphatic rings. The predicted molar refractivity (Wildman–Crippen MR) is 163 cm³/mol. The molecule has 0 bridgehead atoms. The first-order chi connectivity index (χ1) is 20.4. The number of nitrogens with one attached hydrogen (secondary N) is 1. The number of nitriles is 1. The minimum atomic E-state index is -4.55. The van der Waals surface area contributed by atoms with Crippen molar-refractivity contribution in [1.29, 1.82) is 5.26 Å². The van der Waals surface area contributed by atoms with Crippen LogP contribution < -0.4 is 11.1 Å². The van der Waals surface area contributed by atoms with Crippen LogP contribution in [0.5, 0.6) is 0 Å². The van der Waals surface area contributed by atoms with E-state index in [-0.39, 0.29) is 35.5 Å². The van der Waals surface area contributed by atoms with E-state index in [4.69, 9.17) is 23.2 Å². The van der Waals surface area contributed by atoms with Crippen molar-refractivity contribution in [1.82, 2.24) is 19.8 Å². The third kappa shape index (κ3) is 8.00. The number of nitrogens with zero attached hydrogens (tertiary/aromatic N) is 4. The Morgan fingerprint density at radius 2 is 1.84 bits per heavy atom. The molecule has 0 amide bonds. The molecule has 2 aromatic carbocycles. The number of Topliss-reactive ketones (excluding diaryl/α,β-unsaturated/α-hetero) is 1. The molecule has 0 aliphatic heterocycles. The summed E-state index contributed by atoms with van der Waals surface area (Å²) in [6, 6.07) is 14.7. The van der Waals surface area contributed by atoms with Crippen molar-refractivity contribution in [3.05, 3.63) is 89.0 Å². The van der Waals surface area contributed by atoms with Crippen LogP contribution in [0.4, 0.5) is 13.2 Å². The zero-order chi connectivity index (χ0) is 31.2. The lowest BCUT2D eigenvalue weighted by molar-refractivity contribution is -0.138. The summed E-state index contributed by atoms with van der Waals surface area (Å²) in [7, 11) is 0. The number of rotatable bonds is 10. The van der Waals surface area contributed by atoms with Crippen molar-refractivity contribution in [2.75, 3.05) is 0 Å². The number of aromatic nitrogens is 2. The molecular formula is C32H37F3N6OS. The van der Waals surface area contributed by atoms with Gasteiger partial charge in [-0.3, -0.25) is 4.79 Å². The maximum absolute atomic E-state index is 13.9. The van der Waals surface area contributed by atoms with E-state index < -0.39 is 23.3 Å². The van der Waals surface area contributed by atoms with Crippen molar-refractivity contribution in [2.45, 2.75) is 83.8 Å². The second-order valence-electron chi connectivity index (χ2n) is 11.7.